The zero-order valence-corrected chi connectivity index (χ0v) is 15.9. The van der Waals surface area contributed by atoms with Gasteiger partial charge in [-0.3, -0.25) is 4.57 Å². The summed E-state index contributed by atoms with van der Waals surface area (Å²) in [6.07, 6.45) is 2.93. The Hall–Kier alpha value is -3.23. The van der Waals surface area contributed by atoms with Crippen molar-refractivity contribution in [2.45, 2.75) is 10.9 Å². The fraction of sp³-hybridized carbons (Fsp3) is 0.294. The smallest absolute Gasteiger partial charge is 0.408 e. The second-order valence-electron chi connectivity index (χ2n) is 6.48. The van der Waals surface area contributed by atoms with Crippen LogP contribution in [0.5, 0.6) is 0 Å². The first-order valence-electron chi connectivity index (χ1n) is 8.36. The molecule has 1 aromatic carbocycles. The highest BCUT2D eigenvalue weighted by molar-refractivity contribution is 7.89. The molecule has 1 aliphatic rings. The van der Waals surface area contributed by atoms with Crippen molar-refractivity contribution in [3.8, 4) is 6.07 Å². The summed E-state index contributed by atoms with van der Waals surface area (Å²) in [7, 11) is -0.739. The van der Waals surface area contributed by atoms with Gasteiger partial charge in [0.15, 0.2) is 17.1 Å². The molecule has 2 aromatic heterocycles. The minimum atomic E-state index is -3.77. The van der Waals surface area contributed by atoms with Gasteiger partial charge in [-0.25, -0.2) is 23.2 Å². The van der Waals surface area contributed by atoms with Crippen molar-refractivity contribution in [1.82, 2.24) is 18.8 Å². The molecule has 1 aliphatic heterocycles. The van der Waals surface area contributed by atoms with Gasteiger partial charge in [-0.2, -0.15) is 9.57 Å². The van der Waals surface area contributed by atoms with Gasteiger partial charge in [-0.1, -0.05) is 0 Å². The van der Waals surface area contributed by atoms with E-state index in [2.05, 4.69) is 9.97 Å². The van der Waals surface area contributed by atoms with E-state index in [1.807, 2.05) is 11.0 Å². The molecule has 0 saturated carbocycles. The number of benzene rings is 1. The number of aromatic nitrogens is 3. The Morgan fingerprint density at radius 1 is 1.29 bits per heavy atom. The fourth-order valence-electron chi connectivity index (χ4n) is 3.13. The topological polar surface area (TPSA) is 125 Å². The maximum absolute atomic E-state index is 13.0. The number of rotatable bonds is 4. The lowest BCUT2D eigenvalue weighted by molar-refractivity contribution is 0.309. The quantitative estimate of drug-likeness (QED) is 0.612. The van der Waals surface area contributed by atoms with Crippen LogP contribution in [0, 0.1) is 11.3 Å². The average molecular weight is 400 g/mol. The molecule has 28 heavy (non-hydrogen) atoms. The molecule has 3 heterocycles. The van der Waals surface area contributed by atoms with Gasteiger partial charge in [-0.05, 0) is 18.2 Å². The zero-order chi connectivity index (χ0) is 20.1. The Labute approximate surface area is 160 Å². The minimum absolute atomic E-state index is 0.0783. The maximum atomic E-state index is 13.0. The molecule has 144 valence electrons. The summed E-state index contributed by atoms with van der Waals surface area (Å²) in [6.45, 7) is 0.797. The van der Waals surface area contributed by atoms with Crippen molar-refractivity contribution in [2.24, 2.45) is 7.05 Å². The van der Waals surface area contributed by atoms with Crippen LogP contribution in [-0.4, -0.2) is 53.4 Å². The maximum Gasteiger partial charge on any atom is 0.419 e. The van der Waals surface area contributed by atoms with E-state index in [0.717, 1.165) is 0 Å². The Bertz CT molecular complexity index is 1270. The van der Waals surface area contributed by atoms with Crippen LogP contribution in [0.3, 0.4) is 0 Å². The molecule has 0 aliphatic carbocycles. The number of aryl methyl sites for hydroxylation is 1. The SMILES string of the molecule is CN(C1CN(c2nccnc2C#N)C1)S(=O)(=O)c1ccc2oc(=O)n(C)c2c1. The number of sulfonamides is 1. The third-order valence-electron chi connectivity index (χ3n) is 4.90. The normalized spacial score (nSPS) is 15.0. The van der Waals surface area contributed by atoms with Crippen molar-refractivity contribution in [1.29, 1.82) is 5.26 Å². The van der Waals surface area contributed by atoms with Crippen LogP contribution < -0.4 is 10.7 Å². The molecule has 4 rings (SSSR count). The second-order valence-corrected chi connectivity index (χ2v) is 8.47. The van der Waals surface area contributed by atoms with Crippen LogP contribution in [0.15, 0.2) is 44.7 Å². The second kappa shape index (κ2) is 6.43. The van der Waals surface area contributed by atoms with Crippen LogP contribution in [0.1, 0.15) is 5.69 Å². The Morgan fingerprint density at radius 3 is 2.71 bits per heavy atom. The number of hydrogen-bond acceptors (Lipinski definition) is 8. The predicted molar refractivity (Wildman–Crippen MR) is 99.2 cm³/mol. The van der Waals surface area contributed by atoms with E-state index in [9.17, 15) is 13.2 Å². The first-order chi connectivity index (χ1) is 13.3. The summed E-state index contributed by atoms with van der Waals surface area (Å²) < 4.78 is 33.6. The molecule has 0 atom stereocenters. The van der Waals surface area contributed by atoms with E-state index in [1.54, 1.807) is 0 Å². The molecule has 0 radical (unpaired) electrons. The molecule has 0 unspecified atom stereocenters. The molecule has 0 bridgehead atoms. The fourth-order valence-corrected chi connectivity index (χ4v) is 4.49. The number of nitriles is 1. The van der Waals surface area contributed by atoms with Crippen molar-refractivity contribution in [3.63, 3.8) is 0 Å². The van der Waals surface area contributed by atoms with Crippen LogP contribution in [0.4, 0.5) is 5.82 Å². The van der Waals surface area contributed by atoms with Crippen molar-refractivity contribution >= 4 is 26.9 Å². The number of fused-ring (bicyclic) bond motifs is 1. The Balaban J connectivity index is 1.57. The van der Waals surface area contributed by atoms with E-state index in [1.165, 1.54) is 53.6 Å². The van der Waals surface area contributed by atoms with Crippen LogP contribution >= 0.6 is 0 Å². The summed E-state index contributed by atoms with van der Waals surface area (Å²) in [5.41, 5.74) is 0.946. The molecule has 0 N–H and O–H groups in total. The molecular formula is C17H16N6O4S. The lowest BCUT2D eigenvalue weighted by Crippen LogP contribution is -2.60. The number of likely N-dealkylation sites (N-methyl/N-ethyl adjacent to an activating group) is 1. The van der Waals surface area contributed by atoms with Gasteiger partial charge in [0.2, 0.25) is 10.0 Å². The third-order valence-corrected chi connectivity index (χ3v) is 6.81. The van der Waals surface area contributed by atoms with Crippen molar-refractivity contribution in [3.05, 3.63) is 46.8 Å². The first kappa shape index (κ1) is 18.1. The van der Waals surface area contributed by atoms with E-state index < -0.39 is 15.8 Å². The van der Waals surface area contributed by atoms with Gasteiger partial charge in [0, 0.05) is 39.6 Å². The molecule has 0 spiro atoms. The zero-order valence-electron chi connectivity index (χ0n) is 15.1. The van der Waals surface area contributed by atoms with E-state index in [4.69, 9.17) is 9.68 Å². The average Bonchev–Trinajstić information content (AvgIpc) is 2.94. The summed E-state index contributed by atoms with van der Waals surface area (Å²) >= 11 is 0. The summed E-state index contributed by atoms with van der Waals surface area (Å²) in [5.74, 6) is -0.105. The van der Waals surface area contributed by atoms with Crippen LogP contribution in [-0.2, 0) is 17.1 Å². The number of hydrogen-bond donors (Lipinski definition) is 0. The van der Waals surface area contributed by atoms with Gasteiger partial charge in [0.1, 0.15) is 6.07 Å². The first-order valence-corrected chi connectivity index (χ1v) is 9.80. The van der Waals surface area contributed by atoms with Crippen molar-refractivity contribution < 1.29 is 12.8 Å². The lowest BCUT2D eigenvalue weighted by Gasteiger charge is -2.43. The molecular weight excluding hydrogens is 384 g/mol. The lowest BCUT2D eigenvalue weighted by atomic mass is 10.1. The molecule has 3 aromatic rings. The largest absolute Gasteiger partial charge is 0.419 e. The van der Waals surface area contributed by atoms with Crippen LogP contribution in [0.2, 0.25) is 0 Å². The number of nitrogens with zero attached hydrogens (tertiary/aromatic N) is 6. The third kappa shape index (κ3) is 2.74. The molecule has 1 saturated heterocycles. The van der Waals surface area contributed by atoms with Gasteiger partial charge in [0.05, 0.1) is 16.5 Å². The molecule has 0 amide bonds. The molecule has 1 fully saturated rings. The highest BCUT2D eigenvalue weighted by Gasteiger charge is 2.38. The van der Waals surface area contributed by atoms with Gasteiger partial charge in [0.25, 0.3) is 0 Å². The number of anilines is 1. The highest BCUT2D eigenvalue weighted by Crippen LogP contribution is 2.27. The standard InChI is InChI=1S/C17H16N6O4S/c1-21-14-7-12(3-4-15(14)27-17(21)24)28(25,26)22(2)11-9-23(10-11)16-13(8-18)19-5-6-20-16/h3-7,11H,9-10H2,1-2H3. The molecule has 11 heteroatoms. The van der Waals surface area contributed by atoms with Gasteiger partial charge < -0.3 is 9.32 Å². The number of oxazole rings is 1. The highest BCUT2D eigenvalue weighted by atomic mass is 32.2. The monoisotopic (exact) mass is 400 g/mol. The van der Waals surface area contributed by atoms with Gasteiger partial charge in [-0.15, -0.1) is 0 Å². The molecule has 10 nitrogen and oxygen atoms in total. The summed E-state index contributed by atoms with van der Waals surface area (Å²) in [4.78, 5) is 21.6. The van der Waals surface area contributed by atoms with Crippen molar-refractivity contribution in [2.75, 3.05) is 25.0 Å². The minimum Gasteiger partial charge on any atom is -0.408 e. The van der Waals surface area contributed by atoms with Gasteiger partial charge >= 0.3 is 5.76 Å². The van der Waals surface area contributed by atoms with E-state index in [0.29, 0.717) is 30.0 Å². The summed E-state index contributed by atoms with van der Waals surface area (Å²) in [6, 6.07) is 6.04. The van der Waals surface area contributed by atoms with E-state index in [-0.39, 0.29) is 16.6 Å². The van der Waals surface area contributed by atoms with E-state index >= 15 is 0 Å². The Kier molecular flexibility index (Phi) is 4.17. The Morgan fingerprint density at radius 2 is 2.00 bits per heavy atom. The van der Waals surface area contributed by atoms with Crippen LogP contribution in [0.25, 0.3) is 11.1 Å². The summed E-state index contributed by atoms with van der Waals surface area (Å²) in [5, 5.41) is 9.13. The predicted octanol–water partition coefficient (Wildman–Crippen LogP) is 0.302.